The van der Waals surface area contributed by atoms with Crippen LogP contribution < -0.4 is 15.2 Å². The number of rotatable bonds is 4. The number of methoxy groups -OCH3 is 2. The van der Waals surface area contributed by atoms with Crippen molar-refractivity contribution >= 4 is 11.9 Å². The van der Waals surface area contributed by atoms with E-state index in [2.05, 4.69) is 52.7 Å². The lowest BCUT2D eigenvalue weighted by molar-refractivity contribution is 0.354. The van der Waals surface area contributed by atoms with Gasteiger partial charge in [0.1, 0.15) is 0 Å². The zero-order chi connectivity index (χ0) is 18.1. The lowest BCUT2D eigenvalue weighted by Crippen LogP contribution is -2.30. The molecule has 0 bridgehead atoms. The van der Waals surface area contributed by atoms with Crippen LogP contribution in [0.25, 0.3) is 6.08 Å². The molecule has 1 aliphatic rings. The van der Waals surface area contributed by atoms with E-state index in [4.69, 9.17) is 15.2 Å². The first-order valence-corrected chi connectivity index (χ1v) is 8.48. The molecule has 1 unspecified atom stereocenters. The Bertz CT molecular complexity index is 963. The largest absolute Gasteiger partial charge is 0.493 e. The van der Waals surface area contributed by atoms with Gasteiger partial charge in [-0.05, 0) is 23.3 Å². The molecule has 132 valence electrons. The van der Waals surface area contributed by atoms with Crippen LogP contribution in [0.15, 0.2) is 54.6 Å². The van der Waals surface area contributed by atoms with Gasteiger partial charge in [-0.15, -0.1) is 0 Å². The summed E-state index contributed by atoms with van der Waals surface area (Å²) in [4.78, 5) is 0. The highest BCUT2D eigenvalue weighted by atomic mass is 16.5. The Morgan fingerprint density at radius 3 is 2.50 bits per heavy atom. The average molecular weight is 347 g/mol. The van der Waals surface area contributed by atoms with Crippen molar-refractivity contribution < 1.29 is 9.47 Å². The number of nitrogens with one attached hydrogen (secondary N) is 1. The van der Waals surface area contributed by atoms with E-state index >= 15 is 0 Å². The molecule has 0 spiro atoms. The number of aromatic amines is 1. The highest BCUT2D eigenvalue weighted by Gasteiger charge is 2.36. The molecule has 3 N–H and O–H groups in total. The first-order chi connectivity index (χ1) is 12.7. The van der Waals surface area contributed by atoms with E-state index in [9.17, 15) is 0 Å². The number of aromatic nitrogens is 2. The molecule has 4 rings (SSSR count). The van der Waals surface area contributed by atoms with E-state index in [1.54, 1.807) is 14.2 Å². The Labute approximate surface area is 152 Å². The van der Waals surface area contributed by atoms with Crippen LogP contribution in [0.3, 0.4) is 0 Å². The van der Waals surface area contributed by atoms with Gasteiger partial charge in [-0.3, -0.25) is 5.10 Å². The van der Waals surface area contributed by atoms with Gasteiger partial charge in [0, 0.05) is 23.1 Å². The minimum atomic E-state index is -0.340. The Morgan fingerprint density at radius 1 is 1.00 bits per heavy atom. The van der Waals surface area contributed by atoms with Crippen LogP contribution in [0.5, 0.6) is 11.5 Å². The number of nitrogens with two attached hydrogens (primary N) is 1. The van der Waals surface area contributed by atoms with Crippen molar-refractivity contribution in [1.82, 2.24) is 10.2 Å². The van der Waals surface area contributed by atoms with Crippen molar-refractivity contribution in [3.05, 3.63) is 77.0 Å². The molecule has 0 fully saturated rings. The summed E-state index contributed by atoms with van der Waals surface area (Å²) in [6.45, 7) is 0. The fraction of sp³-hybridized carbons (Fsp3) is 0.190. The fourth-order valence-electron chi connectivity index (χ4n) is 3.70. The van der Waals surface area contributed by atoms with Crippen LogP contribution in [0.2, 0.25) is 0 Å². The van der Waals surface area contributed by atoms with Crippen LogP contribution in [0.1, 0.15) is 22.4 Å². The van der Waals surface area contributed by atoms with E-state index < -0.39 is 0 Å². The number of allylic oxidation sites excluding steroid dienone is 1. The van der Waals surface area contributed by atoms with Gasteiger partial charge in [-0.25, -0.2) is 0 Å². The molecule has 2 aromatic carbocycles. The molecule has 0 radical (unpaired) electrons. The van der Waals surface area contributed by atoms with Crippen LogP contribution in [0, 0.1) is 0 Å². The minimum Gasteiger partial charge on any atom is -0.493 e. The molecule has 3 aromatic rings. The number of hydrogen-bond acceptors (Lipinski definition) is 4. The number of ether oxygens (including phenoxy) is 2. The first-order valence-electron chi connectivity index (χ1n) is 8.48. The third-order valence-electron chi connectivity index (χ3n) is 5.09. The summed E-state index contributed by atoms with van der Waals surface area (Å²) in [5, 5.41) is 7.26. The molecule has 0 aliphatic heterocycles. The zero-order valence-corrected chi connectivity index (χ0v) is 14.8. The second-order valence-corrected chi connectivity index (χ2v) is 6.42. The predicted molar refractivity (Wildman–Crippen MR) is 103 cm³/mol. The fourth-order valence-corrected chi connectivity index (χ4v) is 3.70. The average Bonchev–Trinajstić information content (AvgIpc) is 3.07. The van der Waals surface area contributed by atoms with Gasteiger partial charge in [0.25, 0.3) is 0 Å². The van der Waals surface area contributed by atoms with Crippen LogP contribution in [0.4, 0.5) is 5.82 Å². The maximum Gasteiger partial charge on any atom is 0.161 e. The SMILES string of the molecule is COc1ccc(C2(c3ccccc3)C=Cc3c(N)n[nH]c3C2)cc1OC. The van der Waals surface area contributed by atoms with E-state index in [1.807, 2.05) is 18.2 Å². The third kappa shape index (κ3) is 2.44. The number of fused-ring (bicyclic) bond motifs is 1. The summed E-state index contributed by atoms with van der Waals surface area (Å²) in [6, 6.07) is 16.5. The van der Waals surface area contributed by atoms with Gasteiger partial charge in [-0.1, -0.05) is 48.6 Å². The second kappa shape index (κ2) is 6.26. The number of nitrogen functional groups attached to an aromatic ring is 1. The molecule has 0 saturated carbocycles. The van der Waals surface area contributed by atoms with E-state index in [0.29, 0.717) is 17.3 Å². The summed E-state index contributed by atoms with van der Waals surface area (Å²) in [6.07, 6.45) is 5.00. The monoisotopic (exact) mass is 347 g/mol. The quantitative estimate of drug-likeness (QED) is 0.757. The van der Waals surface area contributed by atoms with Gasteiger partial charge in [0.15, 0.2) is 17.3 Å². The number of H-pyrrole nitrogens is 1. The maximum atomic E-state index is 5.98. The molecule has 5 heteroatoms. The molecular formula is C21H21N3O2. The summed E-state index contributed by atoms with van der Waals surface area (Å²) in [5.41, 5.74) is 9.96. The van der Waals surface area contributed by atoms with Crippen LogP contribution >= 0.6 is 0 Å². The van der Waals surface area contributed by atoms with Crippen LogP contribution in [-0.2, 0) is 11.8 Å². The lowest BCUT2D eigenvalue weighted by Gasteiger charge is -2.34. The Balaban J connectivity index is 1.91. The topological polar surface area (TPSA) is 73.2 Å². The maximum absolute atomic E-state index is 5.98. The van der Waals surface area contributed by atoms with E-state index in [0.717, 1.165) is 23.2 Å². The Morgan fingerprint density at radius 2 is 1.77 bits per heavy atom. The molecular weight excluding hydrogens is 326 g/mol. The predicted octanol–water partition coefficient (Wildman–Crippen LogP) is 3.56. The number of nitrogens with zero attached hydrogens (tertiary/aromatic N) is 1. The molecule has 0 saturated heterocycles. The van der Waals surface area contributed by atoms with Gasteiger partial charge >= 0.3 is 0 Å². The summed E-state index contributed by atoms with van der Waals surface area (Å²) in [5.74, 6) is 1.96. The smallest absolute Gasteiger partial charge is 0.161 e. The highest BCUT2D eigenvalue weighted by molar-refractivity contribution is 5.70. The lowest BCUT2D eigenvalue weighted by atomic mass is 9.68. The number of anilines is 1. The first kappa shape index (κ1) is 16.3. The van der Waals surface area contributed by atoms with Gasteiger partial charge in [-0.2, -0.15) is 5.10 Å². The zero-order valence-electron chi connectivity index (χ0n) is 14.8. The summed E-state index contributed by atoms with van der Waals surface area (Å²) in [7, 11) is 3.30. The summed E-state index contributed by atoms with van der Waals surface area (Å²) < 4.78 is 10.9. The molecule has 1 heterocycles. The number of hydrogen-bond donors (Lipinski definition) is 2. The van der Waals surface area contributed by atoms with Crippen molar-refractivity contribution in [3.8, 4) is 11.5 Å². The van der Waals surface area contributed by atoms with Crippen molar-refractivity contribution in [1.29, 1.82) is 0 Å². The normalized spacial score (nSPS) is 18.4. The Hall–Kier alpha value is -3.21. The molecule has 1 aliphatic carbocycles. The molecule has 0 amide bonds. The Kier molecular flexibility index (Phi) is 3.92. The number of benzene rings is 2. The molecule has 5 nitrogen and oxygen atoms in total. The van der Waals surface area contributed by atoms with Crippen molar-refractivity contribution in [2.45, 2.75) is 11.8 Å². The van der Waals surface area contributed by atoms with Crippen molar-refractivity contribution in [3.63, 3.8) is 0 Å². The van der Waals surface area contributed by atoms with Gasteiger partial charge in [0.2, 0.25) is 0 Å². The molecule has 26 heavy (non-hydrogen) atoms. The van der Waals surface area contributed by atoms with E-state index in [-0.39, 0.29) is 5.41 Å². The van der Waals surface area contributed by atoms with Crippen LogP contribution in [-0.4, -0.2) is 24.4 Å². The highest BCUT2D eigenvalue weighted by Crippen LogP contribution is 2.44. The van der Waals surface area contributed by atoms with Gasteiger partial charge < -0.3 is 15.2 Å². The van der Waals surface area contributed by atoms with Gasteiger partial charge in [0.05, 0.1) is 14.2 Å². The van der Waals surface area contributed by atoms with E-state index in [1.165, 1.54) is 5.56 Å². The van der Waals surface area contributed by atoms with Crippen molar-refractivity contribution in [2.75, 3.05) is 20.0 Å². The second-order valence-electron chi connectivity index (χ2n) is 6.42. The molecule has 1 aromatic heterocycles. The third-order valence-corrected chi connectivity index (χ3v) is 5.09. The summed E-state index contributed by atoms with van der Waals surface area (Å²) >= 11 is 0. The standard InChI is InChI=1S/C21H21N3O2/c1-25-18-9-8-15(12-19(18)26-2)21(14-6-4-3-5-7-14)11-10-16-17(13-21)23-24-20(16)22/h3-12H,13H2,1-2H3,(H3,22,23,24). The molecule has 1 atom stereocenters. The van der Waals surface area contributed by atoms with Crippen molar-refractivity contribution in [2.24, 2.45) is 0 Å². The minimum absolute atomic E-state index is 0.340.